The van der Waals surface area contributed by atoms with Crippen molar-refractivity contribution < 1.29 is 18.6 Å². The van der Waals surface area contributed by atoms with Crippen LogP contribution in [-0.4, -0.2) is 46.0 Å². The number of anilines is 1. The fraction of sp³-hybridized carbons (Fsp3) is 0.476. The molecule has 2 heterocycles. The molecule has 8 heteroatoms. The van der Waals surface area contributed by atoms with Gasteiger partial charge in [-0.15, -0.1) is 24.0 Å². The Morgan fingerprint density at radius 3 is 2.72 bits per heavy atom. The van der Waals surface area contributed by atoms with E-state index in [1.54, 1.807) is 20.5 Å². The molecule has 1 aliphatic heterocycles. The molecule has 1 saturated heterocycles. The van der Waals surface area contributed by atoms with Crippen LogP contribution < -0.4 is 20.1 Å². The third kappa shape index (κ3) is 7.43. The highest BCUT2D eigenvalue weighted by molar-refractivity contribution is 14.0. The van der Waals surface area contributed by atoms with Gasteiger partial charge >= 0.3 is 0 Å². The van der Waals surface area contributed by atoms with E-state index >= 15 is 0 Å². The minimum atomic E-state index is 0. The molecule has 2 N–H and O–H groups in total. The fourth-order valence-corrected chi connectivity index (χ4v) is 3.09. The van der Waals surface area contributed by atoms with E-state index in [1.807, 2.05) is 30.3 Å². The Bertz CT molecular complexity index is 746. The first-order chi connectivity index (χ1) is 13.8. The number of aliphatic imine (C=N–C) groups is 1. The van der Waals surface area contributed by atoms with Gasteiger partial charge in [0.25, 0.3) is 0 Å². The van der Waals surface area contributed by atoms with Crippen LogP contribution in [0.2, 0.25) is 0 Å². The van der Waals surface area contributed by atoms with Gasteiger partial charge in [-0.2, -0.15) is 0 Å². The highest BCUT2D eigenvalue weighted by Gasteiger charge is 2.14. The first-order valence-corrected chi connectivity index (χ1v) is 9.70. The molecular formula is C21H30IN3O4. The lowest BCUT2D eigenvalue weighted by atomic mass is 10.1. The number of benzene rings is 1. The summed E-state index contributed by atoms with van der Waals surface area (Å²) in [6.45, 7) is 2.16. The van der Waals surface area contributed by atoms with Crippen molar-refractivity contribution in [3.05, 3.63) is 42.4 Å². The van der Waals surface area contributed by atoms with Gasteiger partial charge in [-0.3, -0.25) is 4.99 Å². The summed E-state index contributed by atoms with van der Waals surface area (Å²) in [5, 5.41) is 6.71. The van der Waals surface area contributed by atoms with E-state index < -0.39 is 0 Å². The topological polar surface area (TPSA) is 77.2 Å². The van der Waals surface area contributed by atoms with Crippen LogP contribution in [0.4, 0.5) is 5.69 Å². The largest absolute Gasteiger partial charge is 0.493 e. The highest BCUT2D eigenvalue weighted by Crippen LogP contribution is 2.29. The van der Waals surface area contributed by atoms with Crippen molar-refractivity contribution in [1.82, 2.24) is 5.32 Å². The number of furan rings is 1. The fourth-order valence-electron chi connectivity index (χ4n) is 3.09. The van der Waals surface area contributed by atoms with Crippen LogP contribution in [-0.2, 0) is 11.2 Å². The molecule has 0 spiro atoms. The van der Waals surface area contributed by atoms with Crippen molar-refractivity contribution >= 4 is 35.6 Å². The summed E-state index contributed by atoms with van der Waals surface area (Å²) in [4.78, 5) is 4.73. The molecule has 0 saturated carbocycles. The average molecular weight is 515 g/mol. The van der Waals surface area contributed by atoms with E-state index in [2.05, 4.69) is 10.6 Å². The van der Waals surface area contributed by atoms with E-state index in [0.29, 0.717) is 30.5 Å². The van der Waals surface area contributed by atoms with E-state index in [4.69, 9.17) is 23.6 Å². The molecule has 0 amide bonds. The molecule has 1 aliphatic rings. The molecule has 1 aromatic carbocycles. The molecule has 0 radical (unpaired) electrons. The van der Waals surface area contributed by atoms with Gasteiger partial charge < -0.3 is 29.3 Å². The molecular weight excluding hydrogens is 485 g/mol. The Labute approximate surface area is 189 Å². The van der Waals surface area contributed by atoms with Crippen LogP contribution in [0.3, 0.4) is 0 Å². The minimum Gasteiger partial charge on any atom is -0.493 e. The predicted octanol–water partition coefficient (Wildman–Crippen LogP) is 4.08. The summed E-state index contributed by atoms with van der Waals surface area (Å²) < 4.78 is 21.9. The second kappa shape index (κ2) is 12.6. The summed E-state index contributed by atoms with van der Waals surface area (Å²) in [6.07, 6.45) is 6.04. The van der Waals surface area contributed by atoms with Crippen molar-refractivity contribution in [2.24, 2.45) is 4.99 Å². The smallest absolute Gasteiger partial charge is 0.195 e. The normalized spacial score (nSPS) is 16.6. The van der Waals surface area contributed by atoms with Crippen LogP contribution in [0.15, 0.2) is 46.0 Å². The molecule has 1 unspecified atom stereocenters. The van der Waals surface area contributed by atoms with Gasteiger partial charge in [0.2, 0.25) is 0 Å². The van der Waals surface area contributed by atoms with Crippen molar-refractivity contribution in [3.63, 3.8) is 0 Å². The maximum absolute atomic E-state index is 5.79. The lowest BCUT2D eigenvalue weighted by Gasteiger charge is -2.21. The van der Waals surface area contributed by atoms with Gasteiger partial charge in [0.15, 0.2) is 17.5 Å². The number of halogens is 1. The quantitative estimate of drug-likeness (QED) is 0.314. The van der Waals surface area contributed by atoms with E-state index in [0.717, 1.165) is 37.3 Å². The molecule has 29 heavy (non-hydrogen) atoms. The Balaban J connectivity index is 0.00000300. The number of hydrogen-bond donors (Lipinski definition) is 2. The van der Waals surface area contributed by atoms with Crippen LogP contribution in [0.1, 0.15) is 25.0 Å². The van der Waals surface area contributed by atoms with Crippen molar-refractivity contribution in [1.29, 1.82) is 0 Å². The zero-order valence-electron chi connectivity index (χ0n) is 17.0. The van der Waals surface area contributed by atoms with Gasteiger partial charge in [0.1, 0.15) is 5.76 Å². The maximum Gasteiger partial charge on any atom is 0.195 e. The number of rotatable bonds is 8. The standard InChI is InChI=1S/C21H29N3O4.HI/c1-25-19-9-8-16(14-20(19)26-2)24-21(22-11-10-17-7-5-13-27-17)23-15-18-6-3-4-12-28-18;/h5,7-9,13-14,18H,3-4,6,10-12,15H2,1-2H3,(H2,22,23,24);1H. The van der Waals surface area contributed by atoms with Crippen molar-refractivity contribution in [3.8, 4) is 11.5 Å². The number of methoxy groups -OCH3 is 2. The lowest BCUT2D eigenvalue weighted by molar-refractivity contribution is 0.0225. The third-order valence-corrected chi connectivity index (χ3v) is 4.62. The molecule has 1 atom stereocenters. The second-order valence-electron chi connectivity index (χ2n) is 6.63. The van der Waals surface area contributed by atoms with Crippen molar-refractivity contribution in [2.45, 2.75) is 31.8 Å². The molecule has 2 aromatic rings. The minimum absolute atomic E-state index is 0. The Kier molecular flexibility index (Phi) is 10.1. The van der Waals surface area contributed by atoms with Gasteiger partial charge in [0.05, 0.1) is 33.1 Å². The predicted molar refractivity (Wildman–Crippen MR) is 125 cm³/mol. The molecule has 7 nitrogen and oxygen atoms in total. The average Bonchev–Trinajstić information content (AvgIpc) is 3.26. The van der Waals surface area contributed by atoms with Gasteiger partial charge in [-0.25, -0.2) is 0 Å². The van der Waals surface area contributed by atoms with E-state index in [-0.39, 0.29) is 30.1 Å². The highest BCUT2D eigenvalue weighted by atomic mass is 127. The molecule has 0 aliphatic carbocycles. The summed E-state index contributed by atoms with van der Waals surface area (Å²) in [5.41, 5.74) is 0.867. The Hall–Kier alpha value is -1.94. The van der Waals surface area contributed by atoms with Gasteiger partial charge in [0, 0.05) is 31.3 Å². The Morgan fingerprint density at radius 2 is 2.03 bits per heavy atom. The maximum atomic E-state index is 5.79. The number of nitrogens with one attached hydrogen (secondary N) is 2. The first kappa shape index (κ1) is 23.3. The number of ether oxygens (including phenoxy) is 3. The lowest BCUT2D eigenvalue weighted by Crippen LogP contribution is -2.34. The van der Waals surface area contributed by atoms with Gasteiger partial charge in [-0.1, -0.05) is 0 Å². The van der Waals surface area contributed by atoms with Crippen molar-refractivity contribution in [2.75, 3.05) is 39.2 Å². The summed E-state index contributed by atoms with van der Waals surface area (Å²) in [7, 11) is 3.25. The third-order valence-electron chi connectivity index (χ3n) is 4.62. The number of guanidine groups is 1. The molecule has 160 valence electrons. The molecule has 1 fully saturated rings. The van der Waals surface area contributed by atoms with E-state index in [9.17, 15) is 0 Å². The number of nitrogens with zero attached hydrogens (tertiary/aromatic N) is 1. The van der Waals surface area contributed by atoms with Crippen LogP contribution >= 0.6 is 24.0 Å². The monoisotopic (exact) mass is 515 g/mol. The van der Waals surface area contributed by atoms with Gasteiger partial charge in [-0.05, 0) is 43.5 Å². The number of hydrogen-bond acceptors (Lipinski definition) is 5. The molecule has 3 rings (SSSR count). The zero-order chi connectivity index (χ0) is 19.6. The van der Waals surface area contributed by atoms with E-state index in [1.165, 1.54) is 6.42 Å². The van der Waals surface area contributed by atoms with Crippen LogP contribution in [0, 0.1) is 0 Å². The van der Waals surface area contributed by atoms with Crippen LogP contribution in [0.25, 0.3) is 0 Å². The zero-order valence-corrected chi connectivity index (χ0v) is 19.3. The second-order valence-corrected chi connectivity index (χ2v) is 6.63. The summed E-state index contributed by atoms with van der Waals surface area (Å²) >= 11 is 0. The molecule has 1 aromatic heterocycles. The SMILES string of the molecule is COc1ccc(NC(=NCC2CCCCO2)NCCc2ccco2)cc1OC.I. The molecule has 0 bridgehead atoms. The first-order valence-electron chi connectivity index (χ1n) is 9.70. The van der Waals surface area contributed by atoms with Crippen LogP contribution in [0.5, 0.6) is 11.5 Å². The Morgan fingerprint density at radius 1 is 1.17 bits per heavy atom. The summed E-state index contributed by atoms with van der Waals surface area (Å²) in [6, 6.07) is 9.55. The summed E-state index contributed by atoms with van der Waals surface area (Å²) in [5.74, 6) is 2.99.